The minimum absolute atomic E-state index is 0.272. The number of hydrogen-bond acceptors (Lipinski definition) is 4. The van der Waals surface area contributed by atoms with E-state index in [2.05, 4.69) is 44.8 Å². The zero-order valence-electron chi connectivity index (χ0n) is 15.0. The van der Waals surface area contributed by atoms with E-state index >= 15 is 0 Å². The molecule has 0 saturated carbocycles. The van der Waals surface area contributed by atoms with E-state index < -0.39 is 0 Å². The molecule has 1 N–H and O–H groups in total. The Balaban J connectivity index is 2.45. The highest BCUT2D eigenvalue weighted by molar-refractivity contribution is 4.98. The van der Waals surface area contributed by atoms with E-state index in [1.165, 1.54) is 6.42 Å². The van der Waals surface area contributed by atoms with Gasteiger partial charge in [0.15, 0.2) is 0 Å². The van der Waals surface area contributed by atoms with Gasteiger partial charge in [0.05, 0.1) is 13.2 Å². The summed E-state index contributed by atoms with van der Waals surface area (Å²) < 4.78 is 10.6. The molecule has 0 aliphatic carbocycles. The summed E-state index contributed by atoms with van der Waals surface area (Å²) in [5.41, 5.74) is 0.580. The molecule has 1 saturated heterocycles. The summed E-state index contributed by atoms with van der Waals surface area (Å²) in [6.07, 6.45) is 2.28. The monoisotopic (exact) mass is 300 g/mol. The van der Waals surface area contributed by atoms with Crippen LogP contribution >= 0.6 is 0 Å². The van der Waals surface area contributed by atoms with Crippen LogP contribution in [0.15, 0.2) is 0 Å². The van der Waals surface area contributed by atoms with Gasteiger partial charge < -0.3 is 14.8 Å². The molecule has 1 rings (SSSR count). The van der Waals surface area contributed by atoms with Crippen molar-refractivity contribution in [2.45, 2.75) is 59.0 Å². The fourth-order valence-electron chi connectivity index (χ4n) is 2.85. The first kappa shape index (κ1) is 18.9. The second kappa shape index (κ2) is 8.47. The van der Waals surface area contributed by atoms with E-state index in [0.29, 0.717) is 24.7 Å². The molecule has 0 aromatic heterocycles. The van der Waals surface area contributed by atoms with Gasteiger partial charge in [-0.2, -0.15) is 0 Å². The predicted molar refractivity (Wildman–Crippen MR) is 88.8 cm³/mol. The molecule has 1 fully saturated rings. The van der Waals surface area contributed by atoms with Crippen LogP contribution in [-0.2, 0) is 9.47 Å². The van der Waals surface area contributed by atoms with Gasteiger partial charge in [-0.25, -0.2) is 0 Å². The molecule has 4 heteroatoms. The first-order valence-electron chi connectivity index (χ1n) is 8.38. The lowest BCUT2D eigenvalue weighted by molar-refractivity contribution is 0.0107. The second-order valence-corrected chi connectivity index (χ2v) is 7.55. The Morgan fingerprint density at radius 2 is 1.95 bits per heavy atom. The third-order valence-electron chi connectivity index (χ3n) is 4.85. The second-order valence-electron chi connectivity index (χ2n) is 7.55. The van der Waals surface area contributed by atoms with Crippen molar-refractivity contribution in [1.29, 1.82) is 0 Å². The summed E-state index contributed by atoms with van der Waals surface area (Å²) in [5.74, 6) is 0. The summed E-state index contributed by atoms with van der Waals surface area (Å²) in [6.45, 7) is 17.2. The van der Waals surface area contributed by atoms with Crippen molar-refractivity contribution in [3.63, 3.8) is 0 Å². The molecule has 0 aromatic rings. The fraction of sp³-hybridized carbons (Fsp3) is 1.00. The first-order valence-corrected chi connectivity index (χ1v) is 8.38. The lowest BCUT2D eigenvalue weighted by Crippen LogP contribution is -2.65. The van der Waals surface area contributed by atoms with Crippen molar-refractivity contribution in [2.75, 3.05) is 46.6 Å². The largest absolute Gasteiger partial charge is 0.382 e. The van der Waals surface area contributed by atoms with E-state index in [0.717, 1.165) is 32.7 Å². The van der Waals surface area contributed by atoms with E-state index in [4.69, 9.17) is 9.47 Å². The predicted octanol–water partition coefficient (Wildman–Crippen LogP) is 2.53. The Bertz CT molecular complexity index is 291. The molecular weight excluding hydrogens is 264 g/mol. The molecule has 4 nitrogen and oxygen atoms in total. The van der Waals surface area contributed by atoms with E-state index in [-0.39, 0.29) is 5.54 Å². The van der Waals surface area contributed by atoms with Gasteiger partial charge in [0.25, 0.3) is 0 Å². The number of hydrogen-bond donors (Lipinski definition) is 1. The molecule has 1 heterocycles. The van der Waals surface area contributed by atoms with E-state index in [1.54, 1.807) is 7.11 Å². The van der Waals surface area contributed by atoms with Crippen LogP contribution in [0.3, 0.4) is 0 Å². The lowest BCUT2D eigenvalue weighted by Gasteiger charge is -2.51. The van der Waals surface area contributed by atoms with E-state index in [9.17, 15) is 0 Å². The van der Waals surface area contributed by atoms with Gasteiger partial charge in [0, 0.05) is 44.9 Å². The van der Waals surface area contributed by atoms with Gasteiger partial charge in [0.1, 0.15) is 0 Å². The maximum Gasteiger partial charge on any atom is 0.0700 e. The minimum Gasteiger partial charge on any atom is -0.382 e. The third-order valence-corrected chi connectivity index (χ3v) is 4.85. The number of ether oxygens (including phenoxy) is 2. The molecule has 21 heavy (non-hydrogen) atoms. The molecule has 126 valence electrons. The Morgan fingerprint density at radius 3 is 2.52 bits per heavy atom. The first-order chi connectivity index (χ1) is 9.83. The number of nitrogens with one attached hydrogen (secondary N) is 1. The van der Waals surface area contributed by atoms with Gasteiger partial charge in [-0.05, 0) is 25.2 Å². The van der Waals surface area contributed by atoms with Crippen LogP contribution in [0.2, 0.25) is 0 Å². The van der Waals surface area contributed by atoms with Crippen molar-refractivity contribution in [1.82, 2.24) is 10.2 Å². The Kier molecular flexibility index (Phi) is 7.62. The maximum atomic E-state index is 5.59. The van der Waals surface area contributed by atoms with Gasteiger partial charge in [-0.1, -0.05) is 27.7 Å². The lowest BCUT2D eigenvalue weighted by atomic mass is 9.81. The SMILES string of the molecule is CCC1(C)CNC(C(C)(C)C)CN1CCCOCCOC. The van der Waals surface area contributed by atoms with Crippen LogP contribution < -0.4 is 5.32 Å². The van der Waals surface area contributed by atoms with Gasteiger partial charge in [0.2, 0.25) is 0 Å². The molecule has 0 radical (unpaired) electrons. The highest BCUT2D eigenvalue weighted by atomic mass is 16.5. The Hall–Kier alpha value is -0.160. The molecule has 1 aliphatic rings. The number of rotatable bonds is 8. The molecule has 0 spiro atoms. The average molecular weight is 300 g/mol. The Morgan fingerprint density at radius 1 is 1.24 bits per heavy atom. The maximum absolute atomic E-state index is 5.59. The van der Waals surface area contributed by atoms with Crippen LogP contribution in [-0.4, -0.2) is 63.0 Å². The fourth-order valence-corrected chi connectivity index (χ4v) is 2.85. The molecule has 0 bridgehead atoms. The molecule has 2 unspecified atom stereocenters. The van der Waals surface area contributed by atoms with Crippen LogP contribution in [0.4, 0.5) is 0 Å². The summed E-state index contributed by atoms with van der Waals surface area (Å²) >= 11 is 0. The zero-order chi connectivity index (χ0) is 15.9. The molecule has 0 aromatic carbocycles. The van der Waals surface area contributed by atoms with Crippen LogP contribution in [0.25, 0.3) is 0 Å². The number of nitrogens with zero attached hydrogens (tertiary/aromatic N) is 1. The Labute approximate surface area is 131 Å². The summed E-state index contributed by atoms with van der Waals surface area (Å²) in [4.78, 5) is 2.67. The topological polar surface area (TPSA) is 33.7 Å². The molecule has 0 amide bonds. The number of methoxy groups -OCH3 is 1. The number of piperazine rings is 1. The quantitative estimate of drug-likeness (QED) is 0.699. The molecule has 1 aliphatic heterocycles. The van der Waals surface area contributed by atoms with Crippen LogP contribution in [0.1, 0.15) is 47.5 Å². The smallest absolute Gasteiger partial charge is 0.0700 e. The highest BCUT2D eigenvalue weighted by Crippen LogP contribution is 2.29. The zero-order valence-corrected chi connectivity index (χ0v) is 15.0. The standard InChI is InChI=1S/C17H36N2O2/c1-7-17(5)14-18-15(16(2,3)4)13-19(17)9-8-10-21-12-11-20-6/h15,18H,7-14H2,1-6H3. The van der Waals surface area contributed by atoms with Crippen molar-refractivity contribution in [3.05, 3.63) is 0 Å². The van der Waals surface area contributed by atoms with Gasteiger partial charge in [-0.3, -0.25) is 4.90 Å². The van der Waals surface area contributed by atoms with Crippen LogP contribution in [0.5, 0.6) is 0 Å². The van der Waals surface area contributed by atoms with Crippen molar-refractivity contribution < 1.29 is 9.47 Å². The normalized spacial score (nSPS) is 28.0. The molecule has 2 atom stereocenters. The van der Waals surface area contributed by atoms with E-state index in [1.807, 2.05) is 0 Å². The highest BCUT2D eigenvalue weighted by Gasteiger charge is 2.39. The summed E-state index contributed by atoms with van der Waals surface area (Å²) in [6, 6.07) is 0.562. The van der Waals surface area contributed by atoms with Crippen molar-refractivity contribution in [3.8, 4) is 0 Å². The van der Waals surface area contributed by atoms with Crippen molar-refractivity contribution >= 4 is 0 Å². The van der Waals surface area contributed by atoms with Gasteiger partial charge >= 0.3 is 0 Å². The third kappa shape index (κ3) is 5.85. The molecular formula is C17H36N2O2. The summed E-state index contributed by atoms with van der Waals surface area (Å²) in [7, 11) is 1.71. The van der Waals surface area contributed by atoms with Gasteiger partial charge in [-0.15, -0.1) is 0 Å². The van der Waals surface area contributed by atoms with Crippen molar-refractivity contribution in [2.24, 2.45) is 5.41 Å². The average Bonchev–Trinajstić information content (AvgIpc) is 2.43. The summed E-state index contributed by atoms with van der Waals surface area (Å²) in [5, 5.41) is 3.76. The van der Waals surface area contributed by atoms with Crippen LogP contribution in [0, 0.1) is 5.41 Å². The minimum atomic E-state index is 0.272.